The van der Waals surface area contributed by atoms with Gasteiger partial charge in [-0.05, 0) is 77.9 Å². The SMILES string of the molecule is COc1ccc(C23CCC(OP4(=O)OC(C)(C)CC(C)(C)O4)=CC2N(C)CC3)cc1OC. The summed E-state index contributed by atoms with van der Waals surface area (Å²) >= 11 is 0. The Kier molecular flexibility index (Phi) is 5.94. The number of methoxy groups -OCH3 is 2. The monoisotopic (exact) mass is 465 g/mol. The van der Waals surface area contributed by atoms with E-state index in [4.69, 9.17) is 23.0 Å². The third kappa shape index (κ3) is 4.33. The number of allylic oxidation sites excluding steroid dienone is 1. The number of nitrogens with zero attached hydrogens (tertiary/aromatic N) is 1. The number of hydrogen-bond acceptors (Lipinski definition) is 7. The van der Waals surface area contributed by atoms with Gasteiger partial charge < -0.3 is 14.0 Å². The Labute approximate surface area is 191 Å². The Morgan fingerprint density at radius 1 is 1.03 bits per heavy atom. The van der Waals surface area contributed by atoms with Crippen molar-refractivity contribution >= 4 is 7.82 Å². The first-order valence-electron chi connectivity index (χ1n) is 11.3. The average molecular weight is 466 g/mol. The van der Waals surface area contributed by atoms with Gasteiger partial charge >= 0.3 is 7.82 Å². The molecule has 178 valence electrons. The first-order valence-corrected chi connectivity index (χ1v) is 12.7. The van der Waals surface area contributed by atoms with Crippen molar-refractivity contribution in [2.75, 3.05) is 27.8 Å². The van der Waals surface area contributed by atoms with Crippen LogP contribution in [0.5, 0.6) is 11.5 Å². The predicted octanol–water partition coefficient (Wildman–Crippen LogP) is 5.44. The van der Waals surface area contributed by atoms with E-state index in [9.17, 15) is 4.57 Å². The fourth-order valence-electron chi connectivity index (χ4n) is 5.83. The second-order valence-electron chi connectivity index (χ2n) is 10.5. The molecule has 0 spiro atoms. The molecule has 2 unspecified atom stereocenters. The van der Waals surface area contributed by atoms with Crippen LogP contribution < -0.4 is 9.47 Å². The van der Waals surface area contributed by atoms with Crippen molar-refractivity contribution in [2.24, 2.45) is 0 Å². The van der Waals surface area contributed by atoms with E-state index in [1.807, 2.05) is 33.8 Å². The van der Waals surface area contributed by atoms with Crippen molar-refractivity contribution in [3.63, 3.8) is 0 Å². The Bertz CT molecular complexity index is 938. The number of phosphoric acid groups is 1. The predicted molar refractivity (Wildman–Crippen MR) is 123 cm³/mol. The molecule has 3 aliphatic rings. The molecular weight excluding hydrogens is 429 g/mol. The lowest BCUT2D eigenvalue weighted by atomic mass is 9.68. The topological polar surface area (TPSA) is 66.5 Å². The van der Waals surface area contributed by atoms with Crippen molar-refractivity contribution in [3.05, 3.63) is 35.6 Å². The summed E-state index contributed by atoms with van der Waals surface area (Å²) in [6, 6.07) is 6.31. The molecule has 0 amide bonds. The highest BCUT2D eigenvalue weighted by atomic mass is 31.2. The van der Waals surface area contributed by atoms with Crippen LogP contribution >= 0.6 is 7.82 Å². The molecule has 0 saturated carbocycles. The molecule has 0 N–H and O–H groups in total. The molecule has 8 heteroatoms. The minimum Gasteiger partial charge on any atom is -0.493 e. The van der Waals surface area contributed by atoms with Gasteiger partial charge in [-0.1, -0.05) is 6.07 Å². The Morgan fingerprint density at radius 3 is 2.31 bits per heavy atom. The quantitative estimate of drug-likeness (QED) is 0.536. The van der Waals surface area contributed by atoms with Gasteiger partial charge in [0, 0.05) is 24.3 Å². The van der Waals surface area contributed by atoms with Crippen molar-refractivity contribution in [2.45, 2.75) is 76.0 Å². The van der Waals surface area contributed by atoms with Crippen LogP contribution in [0.2, 0.25) is 0 Å². The van der Waals surface area contributed by atoms with Crippen molar-refractivity contribution in [1.82, 2.24) is 4.90 Å². The third-order valence-corrected chi connectivity index (χ3v) is 8.76. The molecule has 1 aromatic carbocycles. The fourth-order valence-corrected chi connectivity index (χ4v) is 7.72. The van der Waals surface area contributed by atoms with Crippen molar-refractivity contribution < 1.29 is 27.6 Å². The van der Waals surface area contributed by atoms with Gasteiger partial charge in [-0.15, -0.1) is 0 Å². The Hall–Kier alpha value is -1.53. The number of fused-ring (bicyclic) bond motifs is 1. The second-order valence-corrected chi connectivity index (χ2v) is 11.9. The molecule has 0 bridgehead atoms. The molecule has 0 radical (unpaired) electrons. The lowest BCUT2D eigenvalue weighted by Crippen LogP contribution is -2.43. The summed E-state index contributed by atoms with van der Waals surface area (Å²) in [4.78, 5) is 2.33. The molecule has 4 rings (SSSR count). The number of rotatable bonds is 5. The Balaban J connectivity index is 1.63. The molecular formula is C24H36NO6P. The van der Waals surface area contributed by atoms with Gasteiger partial charge in [-0.3, -0.25) is 13.9 Å². The number of phosphoric ester groups is 1. The maximum atomic E-state index is 13.5. The van der Waals surface area contributed by atoms with Crippen LogP contribution in [0.1, 0.15) is 58.9 Å². The average Bonchev–Trinajstić information content (AvgIpc) is 3.01. The van der Waals surface area contributed by atoms with Crippen molar-refractivity contribution in [1.29, 1.82) is 0 Å². The van der Waals surface area contributed by atoms with E-state index >= 15 is 0 Å². The standard InChI is InChI=1S/C24H36NO6P/c1-22(2)16-23(3,4)31-32(26,30-22)29-18-10-11-24(12-13-25(5)21(24)15-18)17-8-9-19(27-6)20(14-17)28-7/h8-9,14-15,21H,10-13,16H2,1-7H3. The molecule has 2 saturated heterocycles. The molecule has 2 heterocycles. The molecule has 2 atom stereocenters. The summed E-state index contributed by atoms with van der Waals surface area (Å²) in [6.45, 7) is 8.67. The zero-order chi connectivity index (χ0) is 23.4. The molecule has 2 fully saturated rings. The highest BCUT2D eigenvalue weighted by Crippen LogP contribution is 2.63. The van der Waals surface area contributed by atoms with E-state index in [0.29, 0.717) is 18.6 Å². The zero-order valence-corrected chi connectivity index (χ0v) is 21.2. The van der Waals surface area contributed by atoms with Crippen molar-refractivity contribution in [3.8, 4) is 11.5 Å². The maximum absolute atomic E-state index is 13.5. The van der Waals surface area contributed by atoms with Crippen LogP contribution in [0.25, 0.3) is 0 Å². The molecule has 7 nitrogen and oxygen atoms in total. The normalized spacial score (nSPS) is 30.8. The number of likely N-dealkylation sites (N-methyl/N-ethyl adjacent to an activating group) is 1. The van der Waals surface area contributed by atoms with Gasteiger partial charge in [0.05, 0.1) is 25.4 Å². The van der Waals surface area contributed by atoms with E-state index in [2.05, 4.69) is 30.2 Å². The minimum atomic E-state index is -3.72. The number of benzene rings is 1. The highest BCUT2D eigenvalue weighted by molar-refractivity contribution is 7.48. The second kappa shape index (κ2) is 8.05. The number of ether oxygens (including phenoxy) is 2. The van der Waals surface area contributed by atoms with Crippen LogP contribution in [0.3, 0.4) is 0 Å². The first kappa shape index (κ1) is 23.6. The van der Waals surface area contributed by atoms with E-state index in [-0.39, 0.29) is 11.5 Å². The lowest BCUT2D eigenvalue weighted by molar-refractivity contribution is -0.0850. The van der Waals surface area contributed by atoms with Crippen LogP contribution in [0.15, 0.2) is 30.0 Å². The first-order chi connectivity index (χ1) is 14.9. The van der Waals surface area contributed by atoms with Crippen LogP contribution in [-0.2, 0) is 23.6 Å². The number of likely N-dealkylation sites (tertiary alicyclic amines) is 1. The van der Waals surface area contributed by atoms with E-state index in [0.717, 1.165) is 30.9 Å². The third-order valence-electron chi connectivity index (χ3n) is 6.87. The smallest absolute Gasteiger partial charge is 0.493 e. The van der Waals surface area contributed by atoms with Crippen LogP contribution in [0, 0.1) is 0 Å². The lowest BCUT2D eigenvalue weighted by Gasteiger charge is -2.44. The van der Waals surface area contributed by atoms with Gasteiger partial charge in [0.2, 0.25) is 0 Å². The van der Waals surface area contributed by atoms with Gasteiger partial charge in [0.15, 0.2) is 11.5 Å². The largest absolute Gasteiger partial charge is 0.530 e. The molecule has 32 heavy (non-hydrogen) atoms. The van der Waals surface area contributed by atoms with Crippen LogP contribution in [0.4, 0.5) is 0 Å². The summed E-state index contributed by atoms with van der Waals surface area (Å²) in [7, 11) is 1.71. The highest BCUT2D eigenvalue weighted by Gasteiger charge is 2.52. The molecule has 1 aromatic rings. The summed E-state index contributed by atoms with van der Waals surface area (Å²) in [5.41, 5.74) is -0.0124. The fraction of sp³-hybridized carbons (Fsp3) is 0.667. The summed E-state index contributed by atoms with van der Waals surface area (Å²) in [5.74, 6) is 2.13. The van der Waals surface area contributed by atoms with Gasteiger partial charge in [-0.25, -0.2) is 4.57 Å². The van der Waals surface area contributed by atoms with E-state index in [1.165, 1.54) is 5.56 Å². The van der Waals surface area contributed by atoms with E-state index < -0.39 is 19.0 Å². The molecule has 2 aliphatic heterocycles. The molecule has 0 aromatic heterocycles. The summed E-state index contributed by atoms with van der Waals surface area (Å²) in [6.07, 6.45) is 5.30. The van der Waals surface area contributed by atoms with Crippen LogP contribution in [-0.4, -0.2) is 50.0 Å². The van der Waals surface area contributed by atoms with Gasteiger partial charge in [-0.2, -0.15) is 0 Å². The van der Waals surface area contributed by atoms with Gasteiger partial charge in [0.1, 0.15) is 5.76 Å². The zero-order valence-electron chi connectivity index (χ0n) is 20.3. The number of hydrogen-bond donors (Lipinski definition) is 0. The van der Waals surface area contributed by atoms with E-state index in [1.54, 1.807) is 14.2 Å². The summed E-state index contributed by atoms with van der Waals surface area (Å²) in [5, 5.41) is 0. The molecule has 1 aliphatic carbocycles. The summed E-state index contributed by atoms with van der Waals surface area (Å²) < 4.78 is 42.1. The Morgan fingerprint density at radius 2 is 1.69 bits per heavy atom. The maximum Gasteiger partial charge on any atom is 0.530 e. The van der Waals surface area contributed by atoms with Gasteiger partial charge in [0.25, 0.3) is 0 Å². The minimum absolute atomic E-state index is 0.0670.